The fourth-order valence-corrected chi connectivity index (χ4v) is 2.80. The zero-order valence-electron chi connectivity index (χ0n) is 11.1. The van der Waals surface area contributed by atoms with E-state index >= 15 is 0 Å². The number of carbonyl (C=O) groups is 1. The molecule has 2 nitrogen and oxygen atoms in total. The maximum Gasteiger partial charge on any atom is 0.156 e. The SMILES string of the molecule is O=C1C=C(c2ccccc2)CC(c2ccccc2O)C1. The summed E-state index contributed by atoms with van der Waals surface area (Å²) in [4.78, 5) is 12.0. The second-order valence-electron chi connectivity index (χ2n) is 5.17. The maximum atomic E-state index is 12.0. The summed E-state index contributed by atoms with van der Waals surface area (Å²) in [6.07, 6.45) is 2.99. The lowest BCUT2D eigenvalue weighted by molar-refractivity contribution is -0.115. The molecule has 1 N–H and O–H groups in total. The van der Waals surface area contributed by atoms with Crippen LogP contribution in [0, 0.1) is 0 Å². The molecule has 1 aliphatic carbocycles. The molecule has 0 bridgehead atoms. The predicted molar refractivity (Wildman–Crippen MR) is 79.5 cm³/mol. The Balaban J connectivity index is 1.93. The van der Waals surface area contributed by atoms with E-state index in [1.54, 1.807) is 18.2 Å². The fraction of sp³-hybridized carbons (Fsp3) is 0.167. The van der Waals surface area contributed by atoms with Crippen LogP contribution in [0.15, 0.2) is 60.7 Å². The number of phenols is 1. The molecule has 0 heterocycles. The van der Waals surface area contributed by atoms with Gasteiger partial charge in [-0.1, -0.05) is 48.5 Å². The molecule has 0 spiro atoms. The van der Waals surface area contributed by atoms with Crippen LogP contribution in [0.25, 0.3) is 5.57 Å². The van der Waals surface area contributed by atoms with Gasteiger partial charge in [0, 0.05) is 6.42 Å². The van der Waals surface area contributed by atoms with E-state index in [0.717, 1.165) is 23.1 Å². The van der Waals surface area contributed by atoms with Gasteiger partial charge in [0.2, 0.25) is 0 Å². The highest BCUT2D eigenvalue weighted by Crippen LogP contribution is 2.38. The van der Waals surface area contributed by atoms with Crippen molar-refractivity contribution in [1.29, 1.82) is 0 Å². The first-order valence-electron chi connectivity index (χ1n) is 6.81. The van der Waals surface area contributed by atoms with Gasteiger partial charge in [0.1, 0.15) is 5.75 Å². The number of carbonyl (C=O) groups excluding carboxylic acids is 1. The summed E-state index contributed by atoms with van der Waals surface area (Å²) in [5, 5.41) is 9.98. The molecule has 0 saturated heterocycles. The van der Waals surface area contributed by atoms with Crippen LogP contribution >= 0.6 is 0 Å². The third-order valence-electron chi connectivity index (χ3n) is 3.77. The molecule has 0 fully saturated rings. The van der Waals surface area contributed by atoms with Crippen molar-refractivity contribution in [2.75, 3.05) is 0 Å². The number of rotatable bonds is 2. The molecule has 2 aromatic carbocycles. The first-order chi connectivity index (χ1) is 9.74. The molecular formula is C18H16O2. The zero-order valence-corrected chi connectivity index (χ0v) is 11.1. The summed E-state index contributed by atoms with van der Waals surface area (Å²) in [6, 6.07) is 17.3. The molecule has 0 aliphatic heterocycles. The minimum Gasteiger partial charge on any atom is -0.508 e. The maximum absolute atomic E-state index is 12.0. The molecule has 100 valence electrons. The van der Waals surface area contributed by atoms with Crippen LogP contribution in [0.5, 0.6) is 5.75 Å². The van der Waals surface area contributed by atoms with Gasteiger partial charge in [0.05, 0.1) is 0 Å². The van der Waals surface area contributed by atoms with E-state index in [4.69, 9.17) is 0 Å². The molecular weight excluding hydrogens is 248 g/mol. The van der Waals surface area contributed by atoms with Crippen molar-refractivity contribution in [3.63, 3.8) is 0 Å². The Morgan fingerprint density at radius 2 is 1.60 bits per heavy atom. The van der Waals surface area contributed by atoms with Gasteiger partial charge < -0.3 is 5.11 Å². The van der Waals surface area contributed by atoms with Gasteiger partial charge in [-0.15, -0.1) is 0 Å². The lowest BCUT2D eigenvalue weighted by atomic mass is 9.81. The molecule has 1 aliphatic rings. The van der Waals surface area contributed by atoms with Crippen LogP contribution in [0.3, 0.4) is 0 Å². The zero-order chi connectivity index (χ0) is 13.9. The molecule has 2 heteroatoms. The third kappa shape index (κ3) is 2.50. The van der Waals surface area contributed by atoms with Crippen molar-refractivity contribution in [1.82, 2.24) is 0 Å². The highest BCUT2D eigenvalue weighted by atomic mass is 16.3. The number of aromatic hydroxyl groups is 1. The number of benzene rings is 2. The molecule has 1 unspecified atom stereocenters. The van der Waals surface area contributed by atoms with Gasteiger partial charge in [-0.25, -0.2) is 0 Å². The smallest absolute Gasteiger partial charge is 0.156 e. The Labute approximate surface area is 118 Å². The molecule has 3 rings (SSSR count). The molecule has 0 amide bonds. The lowest BCUT2D eigenvalue weighted by Gasteiger charge is -2.23. The van der Waals surface area contributed by atoms with Crippen LogP contribution in [-0.2, 0) is 4.79 Å². The highest BCUT2D eigenvalue weighted by Gasteiger charge is 2.24. The molecule has 2 aromatic rings. The van der Waals surface area contributed by atoms with Gasteiger partial charge in [0.15, 0.2) is 5.78 Å². The minimum atomic E-state index is 0.0592. The van der Waals surface area contributed by atoms with Crippen molar-refractivity contribution >= 4 is 11.4 Å². The summed E-state index contributed by atoms with van der Waals surface area (Å²) in [5.41, 5.74) is 3.00. The minimum absolute atomic E-state index is 0.0592. The summed E-state index contributed by atoms with van der Waals surface area (Å²) in [5.74, 6) is 0.465. The first-order valence-corrected chi connectivity index (χ1v) is 6.81. The van der Waals surface area contributed by atoms with Gasteiger partial charge in [-0.3, -0.25) is 4.79 Å². The molecule has 0 saturated carbocycles. The van der Waals surface area contributed by atoms with Crippen molar-refractivity contribution in [2.24, 2.45) is 0 Å². The van der Waals surface area contributed by atoms with E-state index in [1.807, 2.05) is 42.5 Å². The Bertz CT molecular complexity index is 656. The van der Waals surface area contributed by atoms with Crippen LogP contribution in [0.2, 0.25) is 0 Å². The van der Waals surface area contributed by atoms with Crippen molar-refractivity contribution in [3.05, 3.63) is 71.8 Å². The van der Waals surface area contributed by atoms with Gasteiger partial charge in [-0.2, -0.15) is 0 Å². The standard InChI is InChI=1S/C18H16O2/c19-16-11-14(13-6-2-1-3-7-13)10-15(12-16)17-8-4-5-9-18(17)20/h1-9,11,15,20H,10,12H2. The predicted octanol–water partition coefficient (Wildman–Crippen LogP) is 3.92. The largest absolute Gasteiger partial charge is 0.508 e. The highest BCUT2D eigenvalue weighted by molar-refractivity contribution is 5.99. The van der Waals surface area contributed by atoms with Gasteiger partial charge >= 0.3 is 0 Å². The number of allylic oxidation sites excluding steroid dienone is 2. The topological polar surface area (TPSA) is 37.3 Å². The third-order valence-corrected chi connectivity index (χ3v) is 3.77. The number of hydrogen-bond donors (Lipinski definition) is 1. The summed E-state index contributed by atoms with van der Waals surface area (Å²) < 4.78 is 0. The van der Waals surface area contributed by atoms with E-state index < -0.39 is 0 Å². The molecule has 20 heavy (non-hydrogen) atoms. The normalized spacial score (nSPS) is 18.7. The second kappa shape index (κ2) is 5.33. The van der Waals surface area contributed by atoms with Crippen LogP contribution in [-0.4, -0.2) is 10.9 Å². The van der Waals surface area contributed by atoms with E-state index in [0.29, 0.717) is 6.42 Å². The van der Waals surface area contributed by atoms with Crippen LogP contribution in [0.4, 0.5) is 0 Å². The first kappa shape index (κ1) is 12.7. The summed E-state index contributed by atoms with van der Waals surface area (Å²) >= 11 is 0. The summed E-state index contributed by atoms with van der Waals surface area (Å²) in [6.45, 7) is 0. The average Bonchev–Trinajstić information content (AvgIpc) is 2.48. The Morgan fingerprint density at radius 1 is 0.900 bits per heavy atom. The lowest BCUT2D eigenvalue weighted by Crippen LogP contribution is -2.12. The number of para-hydroxylation sites is 1. The van der Waals surface area contributed by atoms with Crippen LogP contribution in [0.1, 0.15) is 29.9 Å². The van der Waals surface area contributed by atoms with Crippen molar-refractivity contribution in [3.8, 4) is 5.75 Å². The average molecular weight is 264 g/mol. The second-order valence-corrected chi connectivity index (χ2v) is 5.17. The van der Waals surface area contributed by atoms with E-state index in [9.17, 15) is 9.90 Å². The van der Waals surface area contributed by atoms with Crippen molar-refractivity contribution in [2.45, 2.75) is 18.8 Å². The molecule has 0 radical (unpaired) electrons. The van der Waals surface area contributed by atoms with Gasteiger partial charge in [-0.05, 0) is 41.2 Å². The number of hydrogen-bond acceptors (Lipinski definition) is 2. The van der Waals surface area contributed by atoms with E-state index in [-0.39, 0.29) is 17.5 Å². The Hall–Kier alpha value is -2.35. The van der Waals surface area contributed by atoms with Gasteiger partial charge in [0.25, 0.3) is 0 Å². The molecule has 1 atom stereocenters. The number of phenolic OH excluding ortho intramolecular Hbond substituents is 1. The Kier molecular flexibility index (Phi) is 3.38. The number of ketones is 1. The van der Waals surface area contributed by atoms with E-state index in [1.165, 1.54) is 0 Å². The van der Waals surface area contributed by atoms with E-state index in [2.05, 4.69) is 0 Å². The monoisotopic (exact) mass is 264 g/mol. The Morgan fingerprint density at radius 3 is 2.35 bits per heavy atom. The quantitative estimate of drug-likeness (QED) is 0.892. The fourth-order valence-electron chi connectivity index (χ4n) is 2.80. The summed E-state index contributed by atoms with van der Waals surface area (Å²) in [7, 11) is 0. The van der Waals surface area contributed by atoms with Crippen LogP contribution < -0.4 is 0 Å². The van der Waals surface area contributed by atoms with Crippen molar-refractivity contribution < 1.29 is 9.90 Å². The molecule has 0 aromatic heterocycles.